The van der Waals surface area contributed by atoms with Crippen LogP contribution in [0.3, 0.4) is 0 Å². The Hall–Kier alpha value is -2.38. The first kappa shape index (κ1) is 18.4. The van der Waals surface area contributed by atoms with Crippen LogP contribution in [0, 0.1) is 5.82 Å². The number of hydrogen-bond donors (Lipinski definition) is 0. The van der Waals surface area contributed by atoms with Crippen molar-refractivity contribution in [3.8, 4) is 0 Å². The van der Waals surface area contributed by atoms with Gasteiger partial charge in [0.1, 0.15) is 5.82 Å². The summed E-state index contributed by atoms with van der Waals surface area (Å²) in [5, 5.41) is 0.118. The highest BCUT2D eigenvalue weighted by Gasteiger charge is 2.40. The highest BCUT2D eigenvalue weighted by Crippen LogP contribution is 2.37. The number of benzene rings is 2. The van der Waals surface area contributed by atoms with E-state index in [2.05, 4.69) is 0 Å². The summed E-state index contributed by atoms with van der Waals surface area (Å²) in [7, 11) is -0.937. The Kier molecular flexibility index (Phi) is 4.77. The molecule has 1 aliphatic heterocycles. The fraction of sp³-hybridized carbons (Fsp3) is 0.167. The van der Waals surface area contributed by atoms with Crippen molar-refractivity contribution in [2.24, 2.45) is 0 Å². The van der Waals surface area contributed by atoms with Crippen LogP contribution in [-0.4, -0.2) is 33.2 Å². The molecule has 26 heavy (non-hydrogen) atoms. The monoisotopic (exact) mass is 394 g/mol. The average molecular weight is 395 g/mol. The van der Waals surface area contributed by atoms with Gasteiger partial charge in [-0.3, -0.25) is 9.10 Å². The Balaban J connectivity index is 2.22. The van der Waals surface area contributed by atoms with E-state index in [9.17, 15) is 17.6 Å². The molecule has 0 bridgehead atoms. The Labute approximate surface area is 156 Å². The molecule has 8 heteroatoms. The average Bonchev–Trinajstić information content (AvgIpc) is 2.57. The molecule has 5 nitrogen and oxygen atoms in total. The number of hydrogen-bond acceptors (Lipinski definition) is 4. The Morgan fingerprint density at radius 1 is 1.15 bits per heavy atom. The molecule has 0 spiro atoms. The second-order valence-corrected chi connectivity index (χ2v) is 8.25. The molecule has 1 aliphatic rings. The zero-order valence-corrected chi connectivity index (χ0v) is 15.7. The number of carbonyl (C=O) groups is 1. The van der Waals surface area contributed by atoms with E-state index >= 15 is 0 Å². The number of allylic oxidation sites excluding steroid dienone is 1. The number of fused-ring (bicyclic) bond motifs is 1. The molecule has 0 aromatic heterocycles. The lowest BCUT2D eigenvalue weighted by Gasteiger charge is -2.32. The lowest BCUT2D eigenvalue weighted by molar-refractivity contribution is 0.104. The maximum Gasteiger partial charge on any atom is 0.270 e. The molecule has 136 valence electrons. The second-order valence-electron chi connectivity index (χ2n) is 6.02. The molecule has 0 fully saturated rings. The highest BCUT2D eigenvalue weighted by molar-refractivity contribution is 7.97. The van der Waals surface area contributed by atoms with Crippen LogP contribution in [-0.2, 0) is 16.6 Å². The minimum absolute atomic E-state index is 0.0473. The molecule has 2 aromatic carbocycles. The predicted molar refractivity (Wildman–Crippen MR) is 99.1 cm³/mol. The molecule has 0 atom stereocenters. The highest BCUT2D eigenvalue weighted by atomic mass is 35.5. The molecule has 0 N–H and O–H groups in total. The van der Waals surface area contributed by atoms with E-state index in [-0.39, 0.29) is 33.3 Å². The van der Waals surface area contributed by atoms with Crippen LogP contribution < -0.4 is 4.31 Å². The lowest BCUT2D eigenvalue weighted by atomic mass is 10.1. The maximum atomic E-state index is 14.2. The lowest BCUT2D eigenvalue weighted by Crippen LogP contribution is -2.39. The number of sulfonamides is 1. The first-order valence-electron chi connectivity index (χ1n) is 7.71. The third-order valence-corrected chi connectivity index (χ3v) is 6.05. The standard InChI is InChI=1S/C18H16ClFN2O3S/c1-21(2)11-17-18(23)12-6-3-4-9-16(12)22(26(17,24)25)10-13-14(19)7-5-8-15(13)20/h3-9,11H,10H2,1-2H3/b17-11+. The van der Waals surface area contributed by atoms with Gasteiger partial charge in [-0.2, -0.15) is 0 Å². The van der Waals surface area contributed by atoms with Gasteiger partial charge in [-0.05, 0) is 24.3 Å². The largest absolute Gasteiger partial charge is 0.382 e. The van der Waals surface area contributed by atoms with Crippen molar-refractivity contribution in [3.05, 3.63) is 75.5 Å². The van der Waals surface area contributed by atoms with Gasteiger partial charge in [0.2, 0.25) is 5.78 Å². The van der Waals surface area contributed by atoms with Crippen molar-refractivity contribution in [3.63, 3.8) is 0 Å². The van der Waals surface area contributed by atoms with E-state index in [0.717, 1.165) is 4.31 Å². The van der Waals surface area contributed by atoms with Crippen molar-refractivity contribution in [1.82, 2.24) is 4.90 Å². The zero-order valence-electron chi connectivity index (χ0n) is 14.1. The topological polar surface area (TPSA) is 57.7 Å². The molecule has 0 radical (unpaired) electrons. The van der Waals surface area contributed by atoms with E-state index in [0.29, 0.717) is 0 Å². The number of Topliss-reactive ketones (excluding diaryl/α,β-unsaturated/α-hetero) is 1. The van der Waals surface area contributed by atoms with Gasteiger partial charge in [0, 0.05) is 36.4 Å². The van der Waals surface area contributed by atoms with Crippen LogP contribution >= 0.6 is 11.6 Å². The number of ketones is 1. The number of carbonyl (C=O) groups excluding carboxylic acids is 1. The number of halogens is 2. The summed E-state index contributed by atoms with van der Waals surface area (Å²) < 4.78 is 41.4. The van der Waals surface area contributed by atoms with Gasteiger partial charge in [0.25, 0.3) is 10.0 Å². The van der Waals surface area contributed by atoms with Gasteiger partial charge >= 0.3 is 0 Å². The summed E-state index contributed by atoms with van der Waals surface area (Å²) >= 11 is 6.07. The third-order valence-electron chi connectivity index (χ3n) is 3.95. The van der Waals surface area contributed by atoms with Gasteiger partial charge in [0.15, 0.2) is 4.91 Å². The molecule has 0 saturated heterocycles. The van der Waals surface area contributed by atoms with E-state index < -0.39 is 21.6 Å². The fourth-order valence-electron chi connectivity index (χ4n) is 2.74. The number of para-hydroxylation sites is 1. The summed E-state index contributed by atoms with van der Waals surface area (Å²) in [5.41, 5.74) is 0.488. The van der Waals surface area contributed by atoms with Gasteiger partial charge < -0.3 is 4.90 Å². The van der Waals surface area contributed by atoms with Crippen LogP contribution in [0.5, 0.6) is 0 Å². The van der Waals surface area contributed by atoms with Gasteiger partial charge in [-0.1, -0.05) is 29.8 Å². The van der Waals surface area contributed by atoms with Gasteiger partial charge in [0.05, 0.1) is 12.2 Å². The van der Waals surface area contributed by atoms with Gasteiger partial charge in [-0.25, -0.2) is 12.8 Å². The Bertz CT molecular complexity index is 999. The number of anilines is 1. The first-order chi connectivity index (χ1) is 12.2. The summed E-state index contributed by atoms with van der Waals surface area (Å²) in [6, 6.07) is 10.5. The van der Waals surface area contributed by atoms with Crippen LogP contribution in [0.15, 0.2) is 53.6 Å². The zero-order chi connectivity index (χ0) is 19.1. The van der Waals surface area contributed by atoms with Crippen molar-refractivity contribution in [2.75, 3.05) is 18.4 Å². The molecular formula is C18H16ClFN2O3S. The fourth-order valence-corrected chi connectivity index (χ4v) is 4.60. The molecule has 0 amide bonds. The smallest absolute Gasteiger partial charge is 0.270 e. The molecular weight excluding hydrogens is 379 g/mol. The third kappa shape index (κ3) is 3.08. The SMILES string of the molecule is CN(C)/C=C1\C(=O)c2ccccc2N(Cc2c(F)cccc2Cl)S1(=O)=O. The Morgan fingerprint density at radius 3 is 2.50 bits per heavy atom. The number of nitrogens with zero attached hydrogens (tertiary/aromatic N) is 2. The van der Waals surface area contributed by atoms with E-state index in [1.54, 1.807) is 32.3 Å². The molecule has 0 aliphatic carbocycles. The number of rotatable bonds is 3. The van der Waals surface area contributed by atoms with E-state index in [1.165, 1.54) is 35.4 Å². The van der Waals surface area contributed by atoms with Crippen LogP contribution in [0.25, 0.3) is 0 Å². The van der Waals surface area contributed by atoms with Crippen LogP contribution in [0.4, 0.5) is 10.1 Å². The van der Waals surface area contributed by atoms with Crippen LogP contribution in [0.2, 0.25) is 5.02 Å². The summed E-state index contributed by atoms with van der Waals surface area (Å²) in [4.78, 5) is 13.8. The van der Waals surface area contributed by atoms with E-state index in [1.807, 2.05) is 0 Å². The quantitative estimate of drug-likeness (QED) is 0.748. The van der Waals surface area contributed by atoms with Crippen LogP contribution in [0.1, 0.15) is 15.9 Å². The van der Waals surface area contributed by atoms with Crippen molar-refractivity contribution < 1.29 is 17.6 Å². The van der Waals surface area contributed by atoms with Crippen molar-refractivity contribution in [2.45, 2.75) is 6.54 Å². The Morgan fingerprint density at radius 2 is 1.85 bits per heavy atom. The molecule has 0 unspecified atom stereocenters. The summed E-state index contributed by atoms with van der Waals surface area (Å²) in [5.74, 6) is -1.20. The normalized spacial score (nSPS) is 17.3. The van der Waals surface area contributed by atoms with E-state index in [4.69, 9.17) is 11.6 Å². The minimum atomic E-state index is -4.18. The van der Waals surface area contributed by atoms with Crippen molar-refractivity contribution >= 4 is 33.1 Å². The summed E-state index contributed by atoms with van der Waals surface area (Å²) in [6.07, 6.45) is 1.25. The molecule has 2 aromatic rings. The molecule has 1 heterocycles. The first-order valence-corrected chi connectivity index (χ1v) is 9.53. The minimum Gasteiger partial charge on any atom is -0.382 e. The molecule has 3 rings (SSSR count). The predicted octanol–water partition coefficient (Wildman–Crippen LogP) is 3.41. The summed E-state index contributed by atoms with van der Waals surface area (Å²) in [6.45, 7) is -0.317. The second kappa shape index (κ2) is 6.74. The maximum absolute atomic E-state index is 14.2. The van der Waals surface area contributed by atoms with Crippen molar-refractivity contribution in [1.29, 1.82) is 0 Å². The molecule has 0 saturated carbocycles. The van der Waals surface area contributed by atoms with Gasteiger partial charge in [-0.15, -0.1) is 0 Å².